The molecule has 1 rings (SSSR count). The minimum atomic E-state index is -0.697. The van der Waals surface area contributed by atoms with Crippen LogP contribution in [0, 0.1) is 17.7 Å². The monoisotopic (exact) mass is 291 g/mol. The number of amides is 2. The Morgan fingerprint density at radius 1 is 1.43 bits per heavy atom. The first-order valence-corrected chi connectivity index (χ1v) is 6.56. The predicted molar refractivity (Wildman–Crippen MR) is 77.9 cm³/mol. The number of nitrogens with two attached hydrogens (primary N) is 1. The van der Waals surface area contributed by atoms with Crippen molar-refractivity contribution >= 4 is 11.8 Å². The fourth-order valence-corrected chi connectivity index (χ4v) is 1.58. The number of nitrogens with one attached hydrogen (secondary N) is 2. The molecular weight excluding hydrogens is 273 g/mol. The van der Waals surface area contributed by atoms with Gasteiger partial charge in [0, 0.05) is 12.1 Å². The van der Waals surface area contributed by atoms with Gasteiger partial charge in [-0.3, -0.25) is 9.59 Å². The highest BCUT2D eigenvalue weighted by Gasteiger charge is 2.16. The molecule has 0 heterocycles. The summed E-state index contributed by atoms with van der Waals surface area (Å²) in [5.41, 5.74) is 5.52. The average Bonchev–Trinajstić information content (AvgIpc) is 2.46. The third-order valence-corrected chi connectivity index (χ3v) is 2.65. The fraction of sp³-hybridized carbons (Fsp3) is 0.333. The zero-order chi connectivity index (χ0) is 15.8. The van der Waals surface area contributed by atoms with E-state index in [4.69, 9.17) is 5.73 Å². The second kappa shape index (κ2) is 8.02. The second-order valence-corrected chi connectivity index (χ2v) is 4.29. The van der Waals surface area contributed by atoms with Gasteiger partial charge in [0.15, 0.2) is 0 Å². The molecule has 0 saturated heterocycles. The largest absolute Gasteiger partial charge is 0.355 e. The van der Waals surface area contributed by atoms with Crippen LogP contribution in [0.4, 0.5) is 4.39 Å². The van der Waals surface area contributed by atoms with E-state index in [1.54, 1.807) is 13.8 Å². The molecule has 0 aliphatic rings. The molecule has 1 aromatic carbocycles. The van der Waals surface area contributed by atoms with Gasteiger partial charge < -0.3 is 16.4 Å². The number of benzene rings is 1. The molecule has 0 spiro atoms. The van der Waals surface area contributed by atoms with E-state index in [1.807, 2.05) is 0 Å². The summed E-state index contributed by atoms with van der Waals surface area (Å²) in [5.74, 6) is 3.69. The van der Waals surface area contributed by atoms with E-state index >= 15 is 0 Å². The Kier molecular flexibility index (Phi) is 6.37. The van der Waals surface area contributed by atoms with Crippen LogP contribution in [0.3, 0.4) is 0 Å². The molecule has 21 heavy (non-hydrogen) atoms. The van der Waals surface area contributed by atoms with E-state index in [1.165, 1.54) is 12.1 Å². The highest BCUT2D eigenvalue weighted by molar-refractivity contribution is 5.97. The van der Waals surface area contributed by atoms with Crippen LogP contribution in [0.5, 0.6) is 0 Å². The van der Waals surface area contributed by atoms with E-state index in [9.17, 15) is 14.0 Å². The Balaban J connectivity index is 2.80. The lowest BCUT2D eigenvalue weighted by Gasteiger charge is -2.13. The summed E-state index contributed by atoms with van der Waals surface area (Å²) in [6.45, 7) is 3.94. The van der Waals surface area contributed by atoms with Gasteiger partial charge in [-0.15, -0.1) is 0 Å². The van der Waals surface area contributed by atoms with Crippen molar-refractivity contribution in [2.24, 2.45) is 5.73 Å². The Morgan fingerprint density at radius 3 is 2.71 bits per heavy atom. The molecule has 0 saturated carbocycles. The van der Waals surface area contributed by atoms with Crippen LogP contribution in [-0.4, -0.2) is 30.9 Å². The molecule has 4 N–H and O–H groups in total. The maximum Gasteiger partial charge on any atom is 0.252 e. The number of hydrogen-bond donors (Lipinski definition) is 3. The van der Waals surface area contributed by atoms with Crippen LogP contribution in [-0.2, 0) is 4.79 Å². The highest BCUT2D eigenvalue weighted by atomic mass is 19.1. The van der Waals surface area contributed by atoms with Gasteiger partial charge in [0.1, 0.15) is 11.9 Å². The maximum absolute atomic E-state index is 13.7. The van der Waals surface area contributed by atoms with Gasteiger partial charge in [0.25, 0.3) is 5.91 Å². The van der Waals surface area contributed by atoms with Crippen molar-refractivity contribution in [1.82, 2.24) is 10.6 Å². The quantitative estimate of drug-likeness (QED) is 0.702. The molecule has 2 amide bonds. The summed E-state index contributed by atoms with van der Waals surface area (Å²) in [4.78, 5) is 23.4. The maximum atomic E-state index is 13.7. The highest BCUT2D eigenvalue weighted by Crippen LogP contribution is 2.09. The summed E-state index contributed by atoms with van der Waals surface area (Å²) in [7, 11) is 0. The molecule has 1 atom stereocenters. The van der Waals surface area contributed by atoms with Gasteiger partial charge in [-0.05, 0) is 32.0 Å². The van der Waals surface area contributed by atoms with Gasteiger partial charge in [-0.25, -0.2) is 4.39 Å². The number of halogens is 1. The summed E-state index contributed by atoms with van der Waals surface area (Å²) in [6.07, 6.45) is 0. The summed E-state index contributed by atoms with van der Waals surface area (Å²) in [5, 5.41) is 5.08. The molecular formula is C15H18FN3O2. The van der Waals surface area contributed by atoms with Crippen molar-refractivity contribution in [2.75, 3.05) is 13.1 Å². The van der Waals surface area contributed by atoms with E-state index in [2.05, 4.69) is 22.5 Å². The van der Waals surface area contributed by atoms with Crippen LogP contribution in [0.1, 0.15) is 29.8 Å². The van der Waals surface area contributed by atoms with Gasteiger partial charge in [0.05, 0.1) is 12.1 Å². The number of hydrogen-bond acceptors (Lipinski definition) is 3. The first-order valence-electron chi connectivity index (χ1n) is 6.56. The molecule has 6 heteroatoms. The second-order valence-electron chi connectivity index (χ2n) is 4.29. The van der Waals surface area contributed by atoms with E-state index in [0.717, 1.165) is 6.07 Å². The molecule has 0 fully saturated rings. The summed E-state index contributed by atoms with van der Waals surface area (Å²) >= 11 is 0. The lowest BCUT2D eigenvalue weighted by molar-refractivity contribution is -0.122. The van der Waals surface area contributed by atoms with E-state index in [0.29, 0.717) is 6.54 Å². The molecule has 5 nitrogen and oxygen atoms in total. The van der Waals surface area contributed by atoms with Gasteiger partial charge in [0.2, 0.25) is 5.91 Å². The minimum Gasteiger partial charge on any atom is -0.355 e. The number of carbonyl (C=O) groups is 2. The Hall–Kier alpha value is -2.39. The third kappa shape index (κ3) is 4.89. The van der Waals surface area contributed by atoms with Gasteiger partial charge in [-0.1, -0.05) is 11.8 Å². The normalized spacial score (nSPS) is 11.0. The Bertz CT molecular complexity index is 590. The van der Waals surface area contributed by atoms with E-state index in [-0.39, 0.29) is 23.6 Å². The SMILES string of the molecule is CCNC(=O)C(C)NC(=O)c1ccc(C#CCN)c(F)c1. The number of likely N-dealkylation sites (N-methyl/N-ethyl adjacent to an activating group) is 1. The summed E-state index contributed by atoms with van der Waals surface area (Å²) < 4.78 is 13.7. The van der Waals surface area contributed by atoms with Crippen LogP contribution in [0.15, 0.2) is 18.2 Å². The lowest BCUT2D eigenvalue weighted by Crippen LogP contribution is -2.44. The predicted octanol–water partition coefficient (Wildman–Crippen LogP) is 0.390. The Morgan fingerprint density at radius 2 is 2.14 bits per heavy atom. The molecule has 0 radical (unpaired) electrons. The molecule has 1 unspecified atom stereocenters. The fourth-order valence-electron chi connectivity index (χ4n) is 1.58. The van der Waals surface area contributed by atoms with Crippen molar-refractivity contribution in [2.45, 2.75) is 19.9 Å². The molecule has 0 aromatic heterocycles. The standard InChI is InChI=1S/C15H18FN3O2/c1-3-18-14(20)10(2)19-15(21)12-7-6-11(5-4-8-17)13(16)9-12/h6-7,9-10H,3,8,17H2,1-2H3,(H,18,20)(H,19,21). The average molecular weight is 291 g/mol. The zero-order valence-electron chi connectivity index (χ0n) is 12.0. The molecule has 0 aliphatic carbocycles. The zero-order valence-corrected chi connectivity index (χ0v) is 12.0. The first kappa shape index (κ1) is 16.7. The van der Waals surface area contributed by atoms with Crippen LogP contribution >= 0.6 is 0 Å². The van der Waals surface area contributed by atoms with Gasteiger partial charge in [-0.2, -0.15) is 0 Å². The first-order chi connectivity index (χ1) is 9.99. The van der Waals surface area contributed by atoms with Crippen LogP contribution in [0.2, 0.25) is 0 Å². The summed E-state index contributed by atoms with van der Waals surface area (Å²) in [6, 6.07) is 3.24. The van der Waals surface area contributed by atoms with Crippen molar-refractivity contribution in [3.63, 3.8) is 0 Å². The van der Waals surface area contributed by atoms with Crippen molar-refractivity contribution in [3.8, 4) is 11.8 Å². The Labute approximate surface area is 123 Å². The lowest BCUT2D eigenvalue weighted by atomic mass is 10.1. The number of carbonyl (C=O) groups excluding carboxylic acids is 2. The minimum absolute atomic E-state index is 0.127. The van der Waals surface area contributed by atoms with Crippen LogP contribution < -0.4 is 16.4 Å². The third-order valence-electron chi connectivity index (χ3n) is 2.65. The van der Waals surface area contributed by atoms with E-state index < -0.39 is 17.8 Å². The van der Waals surface area contributed by atoms with Crippen molar-refractivity contribution in [3.05, 3.63) is 35.1 Å². The molecule has 1 aromatic rings. The van der Waals surface area contributed by atoms with Gasteiger partial charge >= 0.3 is 0 Å². The smallest absolute Gasteiger partial charge is 0.252 e. The molecule has 0 bridgehead atoms. The van der Waals surface area contributed by atoms with Crippen molar-refractivity contribution in [1.29, 1.82) is 0 Å². The van der Waals surface area contributed by atoms with Crippen molar-refractivity contribution < 1.29 is 14.0 Å². The topological polar surface area (TPSA) is 84.2 Å². The molecule has 112 valence electrons. The number of rotatable bonds is 4. The molecule has 0 aliphatic heterocycles. The van der Waals surface area contributed by atoms with Crippen LogP contribution in [0.25, 0.3) is 0 Å².